The monoisotopic (exact) mass is 491 g/mol. The fraction of sp³-hybridized carbons (Fsp3) is 0.226. The number of hydrogen-bond acceptors (Lipinski definition) is 3. The van der Waals surface area contributed by atoms with Crippen LogP contribution in [0.1, 0.15) is 46.1 Å². The van der Waals surface area contributed by atoms with Gasteiger partial charge in [-0.1, -0.05) is 48.0 Å². The quantitative estimate of drug-likeness (QED) is 0.356. The number of ether oxygens (including phenoxy) is 1. The number of benzene rings is 3. The number of fused-ring (bicyclic) bond motifs is 3. The molecule has 1 aromatic heterocycles. The highest BCUT2D eigenvalue weighted by atomic mass is 16.5. The minimum Gasteiger partial charge on any atom is -0.497 e. The minimum atomic E-state index is -0.300. The van der Waals surface area contributed by atoms with Gasteiger partial charge in [-0.05, 0) is 67.8 Å². The topological polar surface area (TPSA) is 54.8 Å². The molecule has 0 N–H and O–H groups in total. The molecule has 6 heteroatoms. The molecule has 0 bridgehead atoms. The van der Waals surface area contributed by atoms with Gasteiger partial charge in [0.25, 0.3) is 5.91 Å². The van der Waals surface area contributed by atoms with E-state index in [-0.39, 0.29) is 30.4 Å². The molecule has 2 heterocycles. The Balaban J connectivity index is 1.40. The predicted molar refractivity (Wildman–Crippen MR) is 143 cm³/mol. The molecule has 1 fully saturated rings. The third kappa shape index (κ3) is 4.18. The van der Waals surface area contributed by atoms with Gasteiger partial charge in [0.2, 0.25) is 5.91 Å². The Labute approximate surface area is 216 Å². The van der Waals surface area contributed by atoms with Crippen molar-refractivity contribution in [1.29, 1.82) is 0 Å². The summed E-state index contributed by atoms with van der Waals surface area (Å²) in [6, 6.07) is 27.3. The van der Waals surface area contributed by atoms with E-state index in [0.29, 0.717) is 11.3 Å². The number of amides is 2. The lowest BCUT2D eigenvalue weighted by Gasteiger charge is -2.39. The molecular formula is C31H29N3O3. The second-order valence-electron chi connectivity index (χ2n) is 9.76. The van der Waals surface area contributed by atoms with Crippen molar-refractivity contribution < 1.29 is 14.3 Å². The van der Waals surface area contributed by atoms with E-state index < -0.39 is 0 Å². The minimum absolute atomic E-state index is 0.0120. The number of rotatable bonds is 6. The Bertz CT molecular complexity index is 1470. The third-order valence-electron chi connectivity index (χ3n) is 7.25. The molecule has 0 radical (unpaired) electrons. The molecule has 37 heavy (non-hydrogen) atoms. The zero-order valence-corrected chi connectivity index (χ0v) is 21.0. The van der Waals surface area contributed by atoms with Crippen molar-refractivity contribution in [1.82, 2.24) is 9.47 Å². The summed E-state index contributed by atoms with van der Waals surface area (Å²) in [6.45, 7) is 2.07. The summed E-state index contributed by atoms with van der Waals surface area (Å²) in [4.78, 5) is 31.5. The van der Waals surface area contributed by atoms with Gasteiger partial charge in [-0.15, -0.1) is 0 Å². The van der Waals surface area contributed by atoms with Gasteiger partial charge in [0.15, 0.2) is 0 Å². The van der Waals surface area contributed by atoms with Crippen LogP contribution < -0.4 is 9.64 Å². The van der Waals surface area contributed by atoms with E-state index in [2.05, 4.69) is 41.8 Å². The van der Waals surface area contributed by atoms with Crippen LogP contribution in [0, 0.1) is 6.92 Å². The van der Waals surface area contributed by atoms with Crippen molar-refractivity contribution in [3.8, 4) is 11.4 Å². The second kappa shape index (κ2) is 9.28. The number of carbonyl (C=O) groups is 2. The first-order chi connectivity index (χ1) is 18.0. The molecule has 0 saturated heterocycles. The number of aryl methyl sites for hydroxylation is 1. The van der Waals surface area contributed by atoms with E-state index in [1.165, 1.54) is 0 Å². The van der Waals surface area contributed by atoms with Crippen LogP contribution in [0.15, 0.2) is 91.1 Å². The van der Waals surface area contributed by atoms with Crippen LogP contribution in [-0.2, 0) is 4.79 Å². The Hall–Kier alpha value is -4.32. The predicted octanol–water partition coefficient (Wildman–Crippen LogP) is 5.54. The largest absolute Gasteiger partial charge is 0.497 e. The van der Waals surface area contributed by atoms with Crippen molar-refractivity contribution in [2.75, 3.05) is 18.6 Å². The van der Waals surface area contributed by atoms with Gasteiger partial charge in [-0.3, -0.25) is 14.5 Å². The van der Waals surface area contributed by atoms with Gasteiger partial charge in [0.05, 0.1) is 24.2 Å². The summed E-state index contributed by atoms with van der Waals surface area (Å²) in [5.41, 5.74) is 5.54. The summed E-state index contributed by atoms with van der Waals surface area (Å²) in [5, 5.41) is 0. The lowest BCUT2D eigenvalue weighted by molar-refractivity contribution is -0.119. The maximum atomic E-state index is 14.2. The van der Waals surface area contributed by atoms with Crippen LogP contribution in [0.4, 0.5) is 5.69 Å². The Morgan fingerprint density at radius 1 is 0.919 bits per heavy atom. The highest BCUT2D eigenvalue weighted by molar-refractivity contribution is 6.03. The van der Waals surface area contributed by atoms with Gasteiger partial charge < -0.3 is 14.2 Å². The van der Waals surface area contributed by atoms with Gasteiger partial charge in [-0.25, -0.2) is 0 Å². The standard InChI is InChI=1S/C31H29N3O3/c1-21-12-14-22(15-13-21)30-28-11-6-18-32(28)26-9-3-4-10-27(26)34(30)29(35)20-33(24-16-17-24)31(36)23-7-5-8-25(19-23)37-2/h3-15,18-19,24,30H,16-17,20H2,1-2H3. The second-order valence-corrected chi connectivity index (χ2v) is 9.76. The number of methoxy groups -OCH3 is 1. The zero-order valence-electron chi connectivity index (χ0n) is 21.0. The maximum Gasteiger partial charge on any atom is 0.254 e. The highest BCUT2D eigenvalue weighted by Gasteiger charge is 2.40. The first-order valence-electron chi connectivity index (χ1n) is 12.7. The van der Waals surface area contributed by atoms with Crippen LogP contribution in [0.25, 0.3) is 5.69 Å². The summed E-state index contributed by atoms with van der Waals surface area (Å²) in [7, 11) is 1.58. The number of carbonyl (C=O) groups excluding carboxylic acids is 2. The SMILES string of the molecule is COc1cccc(C(=O)N(CC(=O)N2c3ccccc3-n3cccc3C2c2ccc(C)cc2)C2CC2)c1. The fourth-order valence-electron chi connectivity index (χ4n) is 5.22. The lowest BCUT2D eigenvalue weighted by Crippen LogP contribution is -2.47. The Morgan fingerprint density at radius 2 is 1.68 bits per heavy atom. The molecule has 2 amide bonds. The molecule has 1 aliphatic carbocycles. The van der Waals surface area contributed by atoms with E-state index in [0.717, 1.165) is 41.0 Å². The maximum absolute atomic E-state index is 14.2. The van der Waals surface area contributed by atoms with E-state index >= 15 is 0 Å². The molecule has 1 aliphatic heterocycles. The highest BCUT2D eigenvalue weighted by Crippen LogP contribution is 2.42. The Kier molecular flexibility index (Phi) is 5.80. The van der Waals surface area contributed by atoms with Gasteiger partial charge in [0, 0.05) is 17.8 Å². The number of para-hydroxylation sites is 2. The molecule has 2 aliphatic rings. The van der Waals surface area contributed by atoms with Crippen molar-refractivity contribution in [2.45, 2.75) is 31.8 Å². The number of hydrogen-bond donors (Lipinski definition) is 0. The number of anilines is 1. The molecular weight excluding hydrogens is 462 g/mol. The van der Waals surface area contributed by atoms with Crippen molar-refractivity contribution in [3.63, 3.8) is 0 Å². The smallest absolute Gasteiger partial charge is 0.254 e. The number of nitrogens with zero attached hydrogens (tertiary/aromatic N) is 3. The van der Waals surface area contributed by atoms with Gasteiger partial charge >= 0.3 is 0 Å². The average Bonchev–Trinajstić information content (AvgIpc) is 3.66. The Morgan fingerprint density at radius 3 is 2.41 bits per heavy atom. The zero-order chi connectivity index (χ0) is 25.5. The molecule has 4 aromatic rings. The molecule has 1 unspecified atom stereocenters. The lowest BCUT2D eigenvalue weighted by atomic mass is 9.97. The first kappa shape index (κ1) is 23.1. The molecule has 6 rings (SSSR count). The molecule has 1 atom stereocenters. The van der Waals surface area contributed by atoms with Crippen LogP contribution in [0.2, 0.25) is 0 Å². The van der Waals surface area contributed by atoms with Crippen LogP contribution in [-0.4, -0.2) is 41.0 Å². The van der Waals surface area contributed by atoms with Crippen LogP contribution in [0.5, 0.6) is 5.75 Å². The third-order valence-corrected chi connectivity index (χ3v) is 7.25. The first-order valence-corrected chi connectivity index (χ1v) is 12.7. The molecule has 3 aromatic carbocycles. The number of aromatic nitrogens is 1. The van der Waals surface area contributed by atoms with E-state index in [1.807, 2.05) is 47.5 Å². The molecule has 186 valence electrons. The van der Waals surface area contributed by atoms with Crippen LogP contribution in [0.3, 0.4) is 0 Å². The van der Waals surface area contributed by atoms with Crippen molar-refractivity contribution in [3.05, 3.63) is 114 Å². The van der Waals surface area contributed by atoms with Crippen LogP contribution >= 0.6 is 0 Å². The normalized spacial score (nSPS) is 16.1. The fourth-order valence-corrected chi connectivity index (χ4v) is 5.22. The van der Waals surface area contributed by atoms with Gasteiger partial charge in [0.1, 0.15) is 18.3 Å². The summed E-state index contributed by atoms with van der Waals surface area (Å²) < 4.78 is 7.48. The summed E-state index contributed by atoms with van der Waals surface area (Å²) in [6.07, 6.45) is 3.85. The van der Waals surface area contributed by atoms with Gasteiger partial charge in [-0.2, -0.15) is 0 Å². The molecule has 0 spiro atoms. The van der Waals surface area contributed by atoms with E-state index in [1.54, 1.807) is 30.2 Å². The average molecular weight is 492 g/mol. The molecule has 1 saturated carbocycles. The van der Waals surface area contributed by atoms with E-state index in [4.69, 9.17) is 4.74 Å². The molecule has 6 nitrogen and oxygen atoms in total. The summed E-state index contributed by atoms with van der Waals surface area (Å²) in [5.74, 6) is 0.377. The van der Waals surface area contributed by atoms with Crippen molar-refractivity contribution in [2.24, 2.45) is 0 Å². The van der Waals surface area contributed by atoms with Crippen molar-refractivity contribution >= 4 is 17.5 Å². The van der Waals surface area contributed by atoms with E-state index in [9.17, 15) is 9.59 Å². The summed E-state index contributed by atoms with van der Waals surface area (Å²) >= 11 is 0.